The molecule has 0 amide bonds. The van der Waals surface area contributed by atoms with E-state index in [9.17, 15) is 20.1 Å². The van der Waals surface area contributed by atoms with Crippen molar-refractivity contribution in [1.29, 1.82) is 0 Å². The summed E-state index contributed by atoms with van der Waals surface area (Å²) in [4.78, 5) is 16.0. The van der Waals surface area contributed by atoms with Crippen molar-refractivity contribution in [3.8, 4) is 0 Å². The third-order valence-corrected chi connectivity index (χ3v) is 4.70. The Kier molecular flexibility index (Phi) is 5.21. The number of nitrogens with two attached hydrogens (primary N) is 1. The molecule has 156 valence electrons. The van der Waals surface area contributed by atoms with Gasteiger partial charge in [0.15, 0.2) is 18.0 Å². The van der Waals surface area contributed by atoms with Gasteiger partial charge in [-0.15, -0.1) is 5.10 Å². The number of benzene rings is 1. The van der Waals surface area contributed by atoms with Crippen LogP contribution in [-0.2, 0) is 17.7 Å². The van der Waals surface area contributed by atoms with E-state index in [0.29, 0.717) is 12.0 Å². The molecule has 2 atom stereocenters. The van der Waals surface area contributed by atoms with Gasteiger partial charge in [0.25, 0.3) is 0 Å². The molecule has 0 aliphatic carbocycles. The van der Waals surface area contributed by atoms with Crippen molar-refractivity contribution in [1.82, 2.24) is 24.5 Å². The first-order valence-electron chi connectivity index (χ1n) is 9.16. The Bertz CT molecular complexity index is 1140. The number of nitrogen functional groups attached to an aromatic ring is 1. The zero-order chi connectivity index (χ0) is 21.3. The summed E-state index contributed by atoms with van der Waals surface area (Å²) in [7, 11) is 0. The van der Waals surface area contributed by atoms with Crippen LogP contribution in [0.15, 0.2) is 53.3 Å². The Balaban J connectivity index is 1.59. The molecule has 3 aromatic rings. The fourth-order valence-electron chi connectivity index (χ4n) is 3.14. The Morgan fingerprint density at radius 1 is 1.20 bits per heavy atom. The van der Waals surface area contributed by atoms with Crippen LogP contribution in [0.5, 0.6) is 0 Å². The Morgan fingerprint density at radius 2 is 1.97 bits per heavy atom. The molecule has 30 heavy (non-hydrogen) atoms. The van der Waals surface area contributed by atoms with Crippen LogP contribution < -0.4 is 11.4 Å². The molecule has 1 aliphatic rings. The number of rotatable bonds is 6. The van der Waals surface area contributed by atoms with E-state index in [1.165, 1.54) is 6.20 Å². The van der Waals surface area contributed by atoms with Gasteiger partial charge in [-0.1, -0.05) is 35.5 Å². The SMILES string of the molecule is Nc1nc(=O)n(C2=C(O)C(O)[C@@H](CO)O2)cc1Cn1cc(Cc2ccccc2)nn1. The minimum atomic E-state index is -1.45. The molecule has 0 radical (unpaired) electrons. The van der Waals surface area contributed by atoms with E-state index in [0.717, 1.165) is 15.8 Å². The van der Waals surface area contributed by atoms with E-state index in [2.05, 4.69) is 15.3 Å². The van der Waals surface area contributed by atoms with Crippen LogP contribution in [0.25, 0.3) is 5.88 Å². The first-order chi connectivity index (χ1) is 14.5. The number of nitrogens with zero attached hydrogens (tertiary/aromatic N) is 5. The highest BCUT2D eigenvalue weighted by Crippen LogP contribution is 2.26. The number of aromatic nitrogens is 5. The van der Waals surface area contributed by atoms with Crippen molar-refractivity contribution in [2.45, 2.75) is 25.2 Å². The zero-order valence-electron chi connectivity index (χ0n) is 15.8. The van der Waals surface area contributed by atoms with Crippen molar-refractivity contribution < 1.29 is 20.1 Å². The highest BCUT2D eigenvalue weighted by Gasteiger charge is 2.37. The molecule has 4 rings (SSSR count). The Hall–Kier alpha value is -3.70. The highest BCUT2D eigenvalue weighted by molar-refractivity contribution is 5.48. The van der Waals surface area contributed by atoms with Crippen LogP contribution in [0.2, 0.25) is 0 Å². The predicted octanol–water partition coefficient (Wildman–Crippen LogP) is -0.508. The summed E-state index contributed by atoms with van der Waals surface area (Å²) >= 11 is 0. The van der Waals surface area contributed by atoms with E-state index in [4.69, 9.17) is 10.5 Å². The summed E-state index contributed by atoms with van der Waals surface area (Å²) in [5.74, 6) is -0.878. The maximum Gasteiger partial charge on any atom is 0.356 e. The Labute approximate surface area is 170 Å². The molecule has 0 saturated carbocycles. The van der Waals surface area contributed by atoms with Crippen molar-refractivity contribution in [3.05, 3.63) is 75.8 Å². The molecule has 1 unspecified atom stereocenters. The third kappa shape index (κ3) is 3.75. The van der Waals surface area contributed by atoms with Crippen molar-refractivity contribution in [2.75, 3.05) is 12.3 Å². The van der Waals surface area contributed by atoms with Gasteiger partial charge in [-0.25, -0.2) is 14.0 Å². The fourth-order valence-corrected chi connectivity index (χ4v) is 3.14. The number of ether oxygens (including phenoxy) is 1. The average Bonchev–Trinajstić information content (AvgIpc) is 3.29. The second-order valence-electron chi connectivity index (χ2n) is 6.85. The van der Waals surface area contributed by atoms with Crippen molar-refractivity contribution in [3.63, 3.8) is 0 Å². The van der Waals surface area contributed by atoms with Gasteiger partial charge in [-0.2, -0.15) is 4.98 Å². The van der Waals surface area contributed by atoms with E-state index in [-0.39, 0.29) is 18.2 Å². The molecule has 1 aromatic carbocycles. The summed E-state index contributed by atoms with van der Waals surface area (Å²) in [6.45, 7) is -0.372. The smallest absolute Gasteiger partial charge is 0.356 e. The normalized spacial score (nSPS) is 18.6. The minimum Gasteiger partial charge on any atom is -0.505 e. The summed E-state index contributed by atoms with van der Waals surface area (Å²) in [6, 6.07) is 9.82. The van der Waals surface area contributed by atoms with E-state index in [1.807, 2.05) is 30.3 Å². The molecule has 0 bridgehead atoms. The van der Waals surface area contributed by atoms with Crippen LogP contribution >= 0.6 is 0 Å². The molecule has 3 heterocycles. The monoisotopic (exact) mass is 412 g/mol. The van der Waals surface area contributed by atoms with Gasteiger partial charge >= 0.3 is 5.69 Å². The first-order valence-corrected chi connectivity index (χ1v) is 9.16. The molecule has 0 fully saturated rings. The fraction of sp³-hybridized carbons (Fsp3) is 0.263. The van der Waals surface area contributed by atoms with Gasteiger partial charge < -0.3 is 25.8 Å². The molecule has 0 saturated heterocycles. The molecular weight excluding hydrogens is 392 g/mol. The lowest BCUT2D eigenvalue weighted by Crippen LogP contribution is -2.28. The third-order valence-electron chi connectivity index (χ3n) is 4.70. The van der Waals surface area contributed by atoms with E-state index >= 15 is 0 Å². The molecule has 0 spiro atoms. The van der Waals surface area contributed by atoms with Gasteiger partial charge in [0, 0.05) is 24.4 Å². The molecular formula is C19H20N6O5. The van der Waals surface area contributed by atoms with Gasteiger partial charge in [-0.05, 0) is 5.56 Å². The molecule has 11 nitrogen and oxygen atoms in total. The molecule has 2 aromatic heterocycles. The van der Waals surface area contributed by atoms with Crippen molar-refractivity contribution >= 4 is 11.7 Å². The first kappa shape index (κ1) is 19.6. The lowest BCUT2D eigenvalue weighted by molar-refractivity contribution is 0.0137. The predicted molar refractivity (Wildman–Crippen MR) is 105 cm³/mol. The van der Waals surface area contributed by atoms with Crippen LogP contribution in [0, 0.1) is 0 Å². The average molecular weight is 412 g/mol. The number of aliphatic hydroxyl groups excluding tert-OH is 3. The van der Waals surface area contributed by atoms with Crippen molar-refractivity contribution in [2.24, 2.45) is 0 Å². The summed E-state index contributed by atoms with van der Waals surface area (Å²) in [5, 5.41) is 37.4. The number of anilines is 1. The number of hydrogen-bond acceptors (Lipinski definition) is 9. The van der Waals surface area contributed by atoms with E-state index < -0.39 is 30.3 Å². The second kappa shape index (κ2) is 7.97. The topological polar surface area (TPSA) is 162 Å². The van der Waals surface area contributed by atoms with Crippen LogP contribution in [-0.4, -0.2) is 58.7 Å². The van der Waals surface area contributed by atoms with Gasteiger partial charge in [0.05, 0.1) is 18.8 Å². The number of hydrogen-bond donors (Lipinski definition) is 4. The second-order valence-corrected chi connectivity index (χ2v) is 6.85. The van der Waals surface area contributed by atoms with Crippen LogP contribution in [0.4, 0.5) is 5.82 Å². The molecule has 11 heteroatoms. The number of aliphatic hydroxyl groups is 3. The van der Waals surface area contributed by atoms with Gasteiger partial charge in [0.2, 0.25) is 5.88 Å². The Morgan fingerprint density at radius 3 is 2.67 bits per heavy atom. The summed E-state index contributed by atoms with van der Waals surface area (Å²) in [6.07, 6.45) is 1.19. The van der Waals surface area contributed by atoms with Gasteiger partial charge in [0.1, 0.15) is 5.82 Å². The maximum atomic E-state index is 12.3. The lowest BCUT2D eigenvalue weighted by Gasteiger charge is -2.13. The standard InChI is InChI=1S/C19H20N6O5/c20-17-12(7-24-9-13(22-23-24)6-11-4-2-1-3-5-11)8-25(19(29)21-17)18-16(28)15(27)14(10-26)30-18/h1-5,8-9,14-15,26-28H,6-7,10H2,(H2,20,21,29)/t14-,15?/m1/s1. The van der Waals surface area contributed by atoms with Gasteiger partial charge in [-0.3, -0.25) is 0 Å². The minimum absolute atomic E-state index is 0.00583. The highest BCUT2D eigenvalue weighted by atomic mass is 16.5. The van der Waals surface area contributed by atoms with Crippen LogP contribution in [0.3, 0.4) is 0 Å². The largest absolute Gasteiger partial charge is 0.505 e. The summed E-state index contributed by atoms with van der Waals surface area (Å²) in [5.41, 5.74) is 7.37. The zero-order valence-corrected chi connectivity index (χ0v) is 15.8. The van der Waals surface area contributed by atoms with E-state index in [1.54, 1.807) is 10.9 Å². The van der Waals surface area contributed by atoms with Crippen LogP contribution in [0.1, 0.15) is 16.8 Å². The quantitative estimate of drug-likeness (QED) is 0.418. The maximum absolute atomic E-state index is 12.3. The summed E-state index contributed by atoms with van der Waals surface area (Å²) < 4.78 is 7.78. The lowest BCUT2D eigenvalue weighted by atomic mass is 10.1. The molecule has 1 aliphatic heterocycles. The molecule has 5 N–H and O–H groups in total.